The third-order valence-corrected chi connectivity index (χ3v) is 9.07. The number of benzene rings is 2. The molecule has 2 aromatic carbocycles. The Balaban J connectivity index is 0.00000337. The molecule has 45 heavy (non-hydrogen) atoms. The second-order valence-electron chi connectivity index (χ2n) is 15.1. The van der Waals surface area contributed by atoms with Crippen molar-refractivity contribution in [2.45, 2.75) is 51.4 Å². The van der Waals surface area contributed by atoms with Gasteiger partial charge in [-0.05, 0) is 43.7 Å². The van der Waals surface area contributed by atoms with E-state index < -0.39 is 0 Å². The molecule has 0 aromatic heterocycles. The number of hydrogen-bond acceptors (Lipinski definition) is 1. The fourth-order valence-electron chi connectivity index (χ4n) is 6.54. The lowest BCUT2D eigenvalue weighted by atomic mass is 9.81. The van der Waals surface area contributed by atoms with Gasteiger partial charge in [-0.1, -0.05) is 61.8 Å². The van der Waals surface area contributed by atoms with Gasteiger partial charge in [0.05, 0.1) is 67.2 Å². The Bertz CT molecular complexity index is 1430. The van der Waals surface area contributed by atoms with Gasteiger partial charge in [-0.15, -0.1) is 0 Å². The third-order valence-electron chi connectivity index (χ3n) is 8.82. The third kappa shape index (κ3) is 9.90. The molecule has 2 aliphatic rings. The summed E-state index contributed by atoms with van der Waals surface area (Å²) in [5, 5.41) is 0.742. The summed E-state index contributed by atoms with van der Waals surface area (Å²) in [5.41, 5.74) is 7.84. The van der Waals surface area contributed by atoms with Gasteiger partial charge >= 0.3 is 0 Å². The van der Waals surface area contributed by atoms with E-state index in [2.05, 4.69) is 152 Å². The minimum Gasteiger partial charge on any atom is -1.00 e. The molecule has 0 bridgehead atoms. The molecule has 0 amide bonds. The summed E-state index contributed by atoms with van der Waals surface area (Å²) < 4.78 is 4.45. The highest BCUT2D eigenvalue weighted by Gasteiger charge is 2.44. The first-order valence-electron chi connectivity index (χ1n) is 15.5. The van der Waals surface area contributed by atoms with E-state index in [1.54, 1.807) is 0 Å². The zero-order valence-corrected chi connectivity index (χ0v) is 34.5. The Kier molecular flexibility index (Phi) is 15.1. The smallest absolute Gasteiger partial charge is 0.209 e. The number of para-hydroxylation sites is 2. The summed E-state index contributed by atoms with van der Waals surface area (Å²) in [6.07, 6.45) is 10.9. The largest absolute Gasteiger partial charge is 1.00 e. The highest BCUT2D eigenvalue weighted by atomic mass is 79.9. The maximum atomic E-state index is 6.94. The van der Waals surface area contributed by atoms with E-state index in [1.807, 2.05) is 0 Å². The fourth-order valence-corrected chi connectivity index (χ4v) is 6.67. The molecule has 0 saturated carbocycles. The predicted molar refractivity (Wildman–Crippen MR) is 182 cm³/mol. The van der Waals surface area contributed by atoms with Crippen LogP contribution in [0.3, 0.4) is 0 Å². The first kappa shape index (κ1) is 41.8. The van der Waals surface area contributed by atoms with E-state index in [0.29, 0.717) is 0 Å². The van der Waals surface area contributed by atoms with Crippen LogP contribution in [0.2, 0.25) is 0 Å². The van der Waals surface area contributed by atoms with Crippen LogP contribution in [0.1, 0.15) is 51.7 Å². The molecule has 4 nitrogen and oxygen atoms in total. The SMILES string of the molecule is CC1(C)C(/C=C/C(Cl)=C/C=C2/N(CCC[N+](C)(C)C)c3ccccc3C2(C)C)=[N+](CCC[N+](C)(C)C)c2ccccc21.[Br-].[Br-].[Br-]. The van der Waals surface area contributed by atoms with Gasteiger partial charge in [0, 0.05) is 52.5 Å². The molecule has 4 rings (SSSR count). The number of rotatable bonds is 11. The second-order valence-corrected chi connectivity index (χ2v) is 15.6. The van der Waals surface area contributed by atoms with Crippen molar-refractivity contribution in [2.24, 2.45) is 0 Å². The molecule has 0 fully saturated rings. The molecule has 8 heteroatoms. The van der Waals surface area contributed by atoms with Crippen LogP contribution in [0, 0.1) is 0 Å². The molecule has 0 unspecified atom stereocenters. The van der Waals surface area contributed by atoms with Crippen molar-refractivity contribution in [3.05, 3.63) is 94.7 Å². The number of anilines is 1. The van der Waals surface area contributed by atoms with Crippen LogP contribution < -0.4 is 55.8 Å². The Morgan fingerprint density at radius 1 is 0.778 bits per heavy atom. The maximum absolute atomic E-state index is 6.94. The number of halogens is 4. The quantitative estimate of drug-likeness (QED) is 0.154. The monoisotopic (exact) mass is 826 g/mol. The van der Waals surface area contributed by atoms with Gasteiger partial charge in [0.25, 0.3) is 0 Å². The molecule has 2 heterocycles. The summed E-state index contributed by atoms with van der Waals surface area (Å²) in [6.45, 7) is 13.6. The summed E-state index contributed by atoms with van der Waals surface area (Å²) in [4.78, 5) is 2.51. The average Bonchev–Trinajstić information content (AvgIpc) is 3.24. The van der Waals surface area contributed by atoms with Crippen LogP contribution in [-0.4, -0.2) is 87.7 Å². The van der Waals surface area contributed by atoms with Gasteiger partial charge < -0.3 is 64.8 Å². The first-order chi connectivity index (χ1) is 19.5. The van der Waals surface area contributed by atoms with Gasteiger partial charge in [-0.3, -0.25) is 0 Å². The van der Waals surface area contributed by atoms with Crippen molar-refractivity contribution >= 4 is 28.7 Å². The van der Waals surface area contributed by atoms with E-state index >= 15 is 0 Å². The lowest BCUT2D eigenvalue weighted by molar-refractivity contribution is -0.871. The minimum absolute atomic E-state index is 0. The van der Waals surface area contributed by atoms with Crippen LogP contribution in [0.25, 0.3) is 0 Å². The second kappa shape index (κ2) is 16.3. The van der Waals surface area contributed by atoms with E-state index in [9.17, 15) is 0 Å². The van der Waals surface area contributed by atoms with E-state index in [1.165, 1.54) is 33.9 Å². The van der Waals surface area contributed by atoms with Gasteiger partial charge in [-0.2, -0.15) is 4.58 Å². The molecule has 0 aliphatic carbocycles. The van der Waals surface area contributed by atoms with E-state index in [-0.39, 0.29) is 61.8 Å². The van der Waals surface area contributed by atoms with Crippen molar-refractivity contribution in [1.82, 2.24) is 0 Å². The summed E-state index contributed by atoms with van der Waals surface area (Å²) in [7, 11) is 13.6. The Hall–Kier alpha value is -1.22. The molecule has 250 valence electrons. The molecule has 0 spiro atoms. The zero-order chi connectivity index (χ0) is 30.9. The lowest BCUT2D eigenvalue weighted by Gasteiger charge is -2.29. The summed E-state index contributed by atoms with van der Waals surface area (Å²) >= 11 is 6.94. The van der Waals surface area contributed by atoms with Crippen LogP contribution in [-0.2, 0) is 10.8 Å². The Labute approximate surface area is 310 Å². The Morgan fingerprint density at radius 2 is 1.33 bits per heavy atom. The molecule has 0 radical (unpaired) electrons. The molecule has 0 saturated heterocycles. The molecule has 0 N–H and O–H groups in total. The normalized spacial score (nSPS) is 18.0. The molecular weight excluding hydrogens is 776 g/mol. The lowest BCUT2D eigenvalue weighted by Crippen LogP contribution is -3.00. The van der Waals surface area contributed by atoms with Gasteiger partial charge in [-0.25, -0.2) is 0 Å². The van der Waals surface area contributed by atoms with E-state index in [4.69, 9.17) is 11.6 Å². The van der Waals surface area contributed by atoms with Crippen molar-refractivity contribution in [3.63, 3.8) is 0 Å². The highest BCUT2D eigenvalue weighted by Crippen LogP contribution is 2.47. The van der Waals surface area contributed by atoms with Crippen molar-refractivity contribution in [3.8, 4) is 0 Å². The summed E-state index contributed by atoms with van der Waals surface area (Å²) in [5.74, 6) is 0. The van der Waals surface area contributed by atoms with Crippen molar-refractivity contribution < 1.29 is 64.5 Å². The highest BCUT2D eigenvalue weighted by molar-refractivity contribution is 6.31. The van der Waals surface area contributed by atoms with Gasteiger partial charge in [0.15, 0.2) is 12.3 Å². The first-order valence-corrected chi connectivity index (χ1v) is 15.9. The topological polar surface area (TPSA) is 6.25 Å². The maximum Gasteiger partial charge on any atom is 0.209 e. The number of fused-ring (bicyclic) bond motifs is 2. The van der Waals surface area contributed by atoms with Crippen LogP contribution in [0.4, 0.5) is 11.4 Å². The van der Waals surface area contributed by atoms with Crippen molar-refractivity contribution in [2.75, 3.05) is 73.4 Å². The molecule has 0 atom stereocenters. The number of nitrogens with zero attached hydrogens (tertiary/aromatic N) is 4. The minimum atomic E-state index is -0.0865. The predicted octanol–water partition coefficient (Wildman–Crippen LogP) is -1.37. The standard InChI is InChI=1S/C37H54ClN4.3BrH/c1-36(2)30-17-11-13-19-32(30)39(25-15-27-41(5,6)7)34(36)23-21-29(38)22-24-35-37(3,4)31-18-12-14-20-33(31)40(35)26-16-28-42(8,9)10;;;/h11-14,17-24H,15-16,25-28H2,1-10H3;3*1H/q+3;;;/p-3. The van der Waals surface area contributed by atoms with Crippen LogP contribution >= 0.6 is 11.6 Å². The van der Waals surface area contributed by atoms with Gasteiger partial charge in [0.1, 0.15) is 0 Å². The zero-order valence-electron chi connectivity index (χ0n) is 29.0. The summed E-state index contributed by atoms with van der Waals surface area (Å²) in [6, 6.07) is 17.7. The van der Waals surface area contributed by atoms with Crippen LogP contribution in [0.15, 0.2) is 83.6 Å². The fraction of sp³-hybridized carbons (Fsp3) is 0.486. The molecule has 2 aliphatic heterocycles. The molecule has 2 aromatic rings. The average molecular weight is 830 g/mol. The van der Waals surface area contributed by atoms with Crippen molar-refractivity contribution in [1.29, 1.82) is 0 Å². The molecular formula is C37H54Br3ClN4. The number of quaternary nitrogens is 2. The number of hydrogen-bond donors (Lipinski definition) is 0. The van der Waals surface area contributed by atoms with Crippen LogP contribution in [0.5, 0.6) is 0 Å². The number of allylic oxidation sites excluding steroid dienone is 6. The van der Waals surface area contributed by atoms with Gasteiger partial charge in [0.2, 0.25) is 5.69 Å². The van der Waals surface area contributed by atoms with E-state index in [0.717, 1.165) is 53.0 Å². The Morgan fingerprint density at radius 3 is 1.96 bits per heavy atom.